The van der Waals surface area contributed by atoms with Crippen LogP contribution >= 0.6 is 0 Å². The van der Waals surface area contributed by atoms with E-state index < -0.39 is 0 Å². The smallest absolute Gasteiger partial charge is 0.223 e. The summed E-state index contributed by atoms with van der Waals surface area (Å²) in [6, 6.07) is 0.279. The van der Waals surface area contributed by atoms with Crippen molar-refractivity contribution in [2.45, 2.75) is 83.1 Å². The average molecular weight is 364 g/mol. The van der Waals surface area contributed by atoms with E-state index in [9.17, 15) is 9.59 Å². The van der Waals surface area contributed by atoms with Gasteiger partial charge in [0.25, 0.3) is 0 Å². The molecule has 1 heterocycles. The normalized spacial score (nSPS) is 30.1. The molecule has 26 heavy (non-hydrogen) atoms. The summed E-state index contributed by atoms with van der Waals surface area (Å²) in [6.07, 6.45) is 13.1. The van der Waals surface area contributed by atoms with Crippen molar-refractivity contribution >= 4 is 11.8 Å². The Kier molecular flexibility index (Phi) is 7.78. The molecule has 148 valence electrons. The molecule has 0 spiro atoms. The summed E-state index contributed by atoms with van der Waals surface area (Å²) in [5.74, 6) is 1.92. The predicted octanol–water partition coefficient (Wildman–Crippen LogP) is 2.75. The molecule has 3 rings (SSSR count). The maximum atomic E-state index is 12.4. The molecule has 3 N–H and O–H groups in total. The van der Waals surface area contributed by atoms with Gasteiger partial charge in [-0.1, -0.05) is 12.8 Å². The molecule has 1 saturated heterocycles. The second-order valence-electron chi connectivity index (χ2n) is 8.76. The molecule has 0 aromatic heterocycles. The number of hydrogen-bond acceptors (Lipinski definition) is 3. The van der Waals surface area contributed by atoms with Crippen molar-refractivity contribution in [2.24, 2.45) is 17.8 Å². The Hall–Kier alpha value is -1.10. The van der Waals surface area contributed by atoms with Gasteiger partial charge in [-0.25, -0.2) is 0 Å². The fourth-order valence-electron chi connectivity index (χ4n) is 4.98. The molecule has 0 aromatic carbocycles. The van der Waals surface area contributed by atoms with Gasteiger partial charge in [0.1, 0.15) is 0 Å². The first-order valence-electron chi connectivity index (χ1n) is 11.0. The third-order valence-corrected chi connectivity index (χ3v) is 6.66. The second-order valence-corrected chi connectivity index (χ2v) is 8.76. The lowest BCUT2D eigenvalue weighted by Gasteiger charge is -2.29. The fraction of sp³-hybridized carbons (Fsp3) is 0.905. The monoisotopic (exact) mass is 363 g/mol. The number of carbonyl (C=O) groups is 2. The number of piperidine rings is 1. The first-order chi connectivity index (χ1) is 12.7. The standard InChI is InChI=1S/C21H37N3O2/c25-20(14-16-4-1-2-5-16)24-19-9-7-18(8-10-19)21(26)23-13-11-17-6-3-12-22-15-17/h16-19,22H,1-15H2,(H,23,26)(H,24,25). The van der Waals surface area contributed by atoms with Gasteiger partial charge in [0.2, 0.25) is 11.8 Å². The second kappa shape index (κ2) is 10.3. The number of hydrogen-bond donors (Lipinski definition) is 3. The highest BCUT2D eigenvalue weighted by Gasteiger charge is 2.28. The Morgan fingerprint density at radius 3 is 2.31 bits per heavy atom. The summed E-state index contributed by atoms with van der Waals surface area (Å²) in [5, 5.41) is 9.80. The molecule has 5 heteroatoms. The first kappa shape index (κ1) is 19.7. The van der Waals surface area contributed by atoms with Gasteiger partial charge in [-0.15, -0.1) is 0 Å². The van der Waals surface area contributed by atoms with Crippen LogP contribution in [-0.2, 0) is 9.59 Å². The highest BCUT2D eigenvalue weighted by atomic mass is 16.2. The van der Waals surface area contributed by atoms with Crippen LogP contribution in [-0.4, -0.2) is 37.5 Å². The molecule has 0 aromatic rings. The third-order valence-electron chi connectivity index (χ3n) is 6.66. The van der Waals surface area contributed by atoms with Gasteiger partial charge in [-0.05, 0) is 82.7 Å². The molecule has 2 aliphatic carbocycles. The van der Waals surface area contributed by atoms with E-state index in [1.54, 1.807) is 0 Å². The van der Waals surface area contributed by atoms with Crippen molar-refractivity contribution in [1.29, 1.82) is 0 Å². The van der Waals surface area contributed by atoms with Gasteiger partial charge in [0.15, 0.2) is 0 Å². The summed E-state index contributed by atoms with van der Waals surface area (Å²) in [6.45, 7) is 3.05. The van der Waals surface area contributed by atoms with Gasteiger partial charge in [-0.3, -0.25) is 9.59 Å². The molecule has 2 saturated carbocycles. The van der Waals surface area contributed by atoms with Crippen molar-refractivity contribution in [3.8, 4) is 0 Å². The van der Waals surface area contributed by atoms with Gasteiger partial charge in [0.05, 0.1) is 0 Å². The van der Waals surface area contributed by atoms with E-state index in [1.807, 2.05) is 0 Å². The Morgan fingerprint density at radius 1 is 0.885 bits per heavy atom. The molecule has 3 aliphatic rings. The van der Waals surface area contributed by atoms with Gasteiger partial charge < -0.3 is 16.0 Å². The molecule has 3 fully saturated rings. The lowest BCUT2D eigenvalue weighted by molar-refractivity contribution is -0.126. The molecular weight excluding hydrogens is 326 g/mol. The Bertz CT molecular complexity index is 448. The number of carbonyl (C=O) groups excluding carboxylic acids is 2. The highest BCUT2D eigenvalue weighted by Crippen LogP contribution is 2.28. The zero-order chi connectivity index (χ0) is 18.2. The van der Waals surface area contributed by atoms with Crippen LogP contribution in [0.3, 0.4) is 0 Å². The largest absolute Gasteiger partial charge is 0.356 e. The van der Waals surface area contributed by atoms with Crippen molar-refractivity contribution in [3.05, 3.63) is 0 Å². The van der Waals surface area contributed by atoms with E-state index in [2.05, 4.69) is 16.0 Å². The van der Waals surface area contributed by atoms with Crippen molar-refractivity contribution < 1.29 is 9.59 Å². The summed E-state index contributed by atoms with van der Waals surface area (Å²) < 4.78 is 0. The topological polar surface area (TPSA) is 70.2 Å². The molecule has 1 aliphatic heterocycles. The lowest BCUT2D eigenvalue weighted by atomic mass is 9.85. The molecule has 2 amide bonds. The van der Waals surface area contributed by atoms with E-state index in [0.717, 1.165) is 57.7 Å². The molecule has 5 nitrogen and oxygen atoms in total. The van der Waals surface area contributed by atoms with Crippen LogP contribution in [0.1, 0.15) is 77.0 Å². The predicted molar refractivity (Wildman–Crippen MR) is 104 cm³/mol. The average Bonchev–Trinajstić information content (AvgIpc) is 3.16. The van der Waals surface area contributed by atoms with E-state index >= 15 is 0 Å². The summed E-state index contributed by atoms with van der Waals surface area (Å²) >= 11 is 0. The maximum Gasteiger partial charge on any atom is 0.223 e. The van der Waals surface area contributed by atoms with Crippen LogP contribution in [0.25, 0.3) is 0 Å². The minimum Gasteiger partial charge on any atom is -0.356 e. The SMILES string of the molecule is O=C(CC1CCCC1)NC1CCC(C(=O)NCCC2CCCNC2)CC1. The van der Waals surface area contributed by atoms with E-state index in [1.165, 1.54) is 38.5 Å². The Balaban J connectivity index is 1.27. The zero-order valence-corrected chi connectivity index (χ0v) is 16.2. The fourth-order valence-corrected chi connectivity index (χ4v) is 4.98. The molecule has 1 atom stereocenters. The van der Waals surface area contributed by atoms with Crippen molar-refractivity contribution in [2.75, 3.05) is 19.6 Å². The van der Waals surface area contributed by atoms with Crippen LogP contribution < -0.4 is 16.0 Å². The molecule has 0 radical (unpaired) electrons. The minimum absolute atomic E-state index is 0.141. The first-order valence-corrected chi connectivity index (χ1v) is 11.0. The lowest BCUT2D eigenvalue weighted by Crippen LogP contribution is -2.41. The molecule has 1 unspecified atom stereocenters. The van der Waals surface area contributed by atoms with Crippen LogP contribution in [0.2, 0.25) is 0 Å². The van der Waals surface area contributed by atoms with Gasteiger partial charge >= 0.3 is 0 Å². The minimum atomic E-state index is 0.141. The van der Waals surface area contributed by atoms with Crippen molar-refractivity contribution in [1.82, 2.24) is 16.0 Å². The van der Waals surface area contributed by atoms with Crippen LogP contribution in [0.15, 0.2) is 0 Å². The van der Waals surface area contributed by atoms with E-state index in [4.69, 9.17) is 0 Å². The van der Waals surface area contributed by atoms with E-state index in [0.29, 0.717) is 12.3 Å². The van der Waals surface area contributed by atoms with Gasteiger partial charge in [-0.2, -0.15) is 0 Å². The Morgan fingerprint density at radius 2 is 1.62 bits per heavy atom. The summed E-state index contributed by atoms with van der Waals surface area (Å²) in [7, 11) is 0. The van der Waals surface area contributed by atoms with Crippen LogP contribution in [0.4, 0.5) is 0 Å². The number of nitrogens with one attached hydrogen (secondary N) is 3. The quantitative estimate of drug-likeness (QED) is 0.651. The molecule has 0 bridgehead atoms. The maximum absolute atomic E-state index is 12.4. The van der Waals surface area contributed by atoms with Crippen LogP contribution in [0, 0.1) is 17.8 Å². The number of rotatable bonds is 7. The van der Waals surface area contributed by atoms with Gasteiger partial charge in [0, 0.05) is 24.9 Å². The summed E-state index contributed by atoms with van der Waals surface area (Å²) in [4.78, 5) is 24.6. The molecular formula is C21H37N3O2. The number of amides is 2. The Labute approximate surface area is 158 Å². The highest BCUT2D eigenvalue weighted by molar-refractivity contribution is 5.79. The van der Waals surface area contributed by atoms with E-state index in [-0.39, 0.29) is 23.8 Å². The van der Waals surface area contributed by atoms with Crippen LogP contribution in [0.5, 0.6) is 0 Å². The summed E-state index contributed by atoms with van der Waals surface area (Å²) in [5.41, 5.74) is 0. The zero-order valence-electron chi connectivity index (χ0n) is 16.2. The third kappa shape index (κ3) is 6.26. The van der Waals surface area contributed by atoms with Crippen molar-refractivity contribution in [3.63, 3.8) is 0 Å².